The van der Waals surface area contributed by atoms with Gasteiger partial charge in [0.25, 0.3) is 5.91 Å². The van der Waals surface area contributed by atoms with Gasteiger partial charge in [-0.2, -0.15) is 13.2 Å². The Hall–Kier alpha value is -4.43. The van der Waals surface area contributed by atoms with Crippen molar-refractivity contribution in [1.29, 1.82) is 0 Å². The molecule has 42 heavy (non-hydrogen) atoms. The number of carbonyl (C=O) groups is 3. The lowest BCUT2D eigenvalue weighted by atomic mass is 9.95. The summed E-state index contributed by atoms with van der Waals surface area (Å²) in [7, 11) is 0. The number of carbonyl (C=O) groups excluding carboxylic acids is 3. The van der Waals surface area contributed by atoms with Gasteiger partial charge in [0, 0.05) is 27.3 Å². The SMILES string of the molecule is O=C1N[C@@H](c2cc(F)ccc2Cl)c2c(NC(=O)N3C[C@@](O)(C(F)(F)F)c4cc(F)ccc43)cc(N3CCOC3=O)cc21. The van der Waals surface area contributed by atoms with Gasteiger partial charge in [-0.3, -0.25) is 14.6 Å². The Morgan fingerprint density at radius 2 is 1.81 bits per heavy atom. The van der Waals surface area contributed by atoms with Crippen LogP contribution in [0.2, 0.25) is 5.02 Å². The number of hydrogen-bond acceptors (Lipinski definition) is 5. The van der Waals surface area contributed by atoms with Crippen LogP contribution >= 0.6 is 11.6 Å². The second-order valence-corrected chi connectivity index (χ2v) is 10.2. The van der Waals surface area contributed by atoms with Crippen LogP contribution in [0.1, 0.15) is 33.1 Å². The van der Waals surface area contributed by atoms with Crippen molar-refractivity contribution < 1.29 is 46.2 Å². The molecule has 0 aliphatic carbocycles. The standard InChI is InChI=1S/C27H18ClF5N4O5/c28-18-3-1-12(29)7-15(18)22-21-16(23(38)35-22)9-14(36-5-6-42-25(36)40)10-19(21)34-24(39)37-11-26(41,27(31,32)33)17-8-13(30)2-4-20(17)37/h1-4,7-10,22,41H,5-6,11H2,(H,34,39)(H,35,38)/t22-,26-/m0/s1. The maximum Gasteiger partial charge on any atom is 0.423 e. The molecule has 3 aliphatic heterocycles. The molecule has 15 heteroatoms. The van der Waals surface area contributed by atoms with E-state index in [2.05, 4.69) is 10.6 Å². The molecule has 4 amide bonds. The van der Waals surface area contributed by atoms with Crippen molar-refractivity contribution in [1.82, 2.24) is 5.32 Å². The summed E-state index contributed by atoms with van der Waals surface area (Å²) >= 11 is 6.30. The third kappa shape index (κ3) is 4.29. The van der Waals surface area contributed by atoms with Gasteiger partial charge in [-0.15, -0.1) is 0 Å². The molecule has 1 saturated heterocycles. The number of cyclic esters (lactones) is 1. The van der Waals surface area contributed by atoms with E-state index in [0.717, 1.165) is 24.3 Å². The first-order valence-electron chi connectivity index (χ1n) is 12.3. The highest BCUT2D eigenvalue weighted by Gasteiger charge is 2.61. The van der Waals surface area contributed by atoms with E-state index >= 15 is 0 Å². The number of rotatable bonds is 3. The number of urea groups is 1. The van der Waals surface area contributed by atoms with Gasteiger partial charge in [-0.25, -0.2) is 18.4 Å². The lowest BCUT2D eigenvalue weighted by Crippen LogP contribution is -2.48. The zero-order valence-electron chi connectivity index (χ0n) is 21.1. The molecule has 218 valence electrons. The molecule has 0 spiro atoms. The largest absolute Gasteiger partial charge is 0.447 e. The van der Waals surface area contributed by atoms with E-state index in [0.29, 0.717) is 11.0 Å². The third-order valence-corrected chi connectivity index (χ3v) is 7.70. The van der Waals surface area contributed by atoms with Crippen LogP contribution < -0.4 is 20.4 Å². The molecule has 0 radical (unpaired) electrons. The smallest absolute Gasteiger partial charge is 0.423 e. The van der Waals surface area contributed by atoms with E-state index in [9.17, 15) is 41.4 Å². The van der Waals surface area contributed by atoms with Crippen LogP contribution in [0.25, 0.3) is 0 Å². The molecule has 3 heterocycles. The number of aliphatic hydroxyl groups is 1. The van der Waals surface area contributed by atoms with E-state index in [-0.39, 0.29) is 46.2 Å². The highest BCUT2D eigenvalue weighted by atomic mass is 35.5. The first-order chi connectivity index (χ1) is 19.8. The third-order valence-electron chi connectivity index (χ3n) is 7.35. The van der Waals surface area contributed by atoms with Gasteiger partial charge in [0.05, 0.1) is 36.2 Å². The number of halogens is 6. The van der Waals surface area contributed by atoms with Crippen molar-refractivity contribution in [3.63, 3.8) is 0 Å². The summed E-state index contributed by atoms with van der Waals surface area (Å²) in [5, 5.41) is 15.8. The molecule has 0 bridgehead atoms. The van der Waals surface area contributed by atoms with Crippen LogP contribution in [-0.2, 0) is 10.3 Å². The summed E-state index contributed by atoms with van der Waals surface area (Å²) in [6.45, 7) is -1.14. The molecule has 9 nitrogen and oxygen atoms in total. The molecule has 3 N–H and O–H groups in total. The van der Waals surface area contributed by atoms with Crippen molar-refractivity contribution in [2.24, 2.45) is 0 Å². The number of nitrogens with zero attached hydrogens (tertiary/aromatic N) is 2. The molecule has 0 unspecified atom stereocenters. The average Bonchev–Trinajstić information content (AvgIpc) is 3.59. The van der Waals surface area contributed by atoms with Crippen LogP contribution in [-0.4, -0.2) is 49.0 Å². The quantitative estimate of drug-likeness (QED) is 0.354. The molecule has 2 atom stereocenters. The van der Waals surface area contributed by atoms with Crippen molar-refractivity contribution in [3.05, 3.63) is 87.4 Å². The normalized spacial score (nSPS) is 21.3. The Morgan fingerprint density at radius 1 is 1.10 bits per heavy atom. The molecule has 0 saturated carbocycles. The van der Waals surface area contributed by atoms with E-state index < -0.39 is 65.3 Å². The predicted molar refractivity (Wildman–Crippen MR) is 139 cm³/mol. The van der Waals surface area contributed by atoms with Gasteiger partial charge in [-0.1, -0.05) is 11.6 Å². The Labute approximate surface area is 238 Å². The zero-order chi connectivity index (χ0) is 30.1. The van der Waals surface area contributed by atoms with Crippen LogP contribution in [0, 0.1) is 11.6 Å². The Kier molecular flexibility index (Phi) is 6.31. The number of hydrogen-bond donors (Lipinski definition) is 3. The summed E-state index contributed by atoms with van der Waals surface area (Å²) in [4.78, 5) is 40.7. The second kappa shape index (κ2) is 9.56. The van der Waals surface area contributed by atoms with Gasteiger partial charge < -0.3 is 20.5 Å². The molecule has 6 rings (SSSR count). The number of ether oxygens (including phenoxy) is 1. The van der Waals surface area contributed by atoms with Crippen molar-refractivity contribution in [2.75, 3.05) is 34.8 Å². The molecule has 1 fully saturated rings. The minimum absolute atomic E-state index is 0.0245. The maximum absolute atomic E-state index is 14.2. The van der Waals surface area contributed by atoms with Gasteiger partial charge >= 0.3 is 18.3 Å². The minimum Gasteiger partial charge on any atom is -0.447 e. The van der Waals surface area contributed by atoms with Crippen LogP contribution in [0.3, 0.4) is 0 Å². The molecular formula is C27H18ClF5N4O5. The predicted octanol–water partition coefficient (Wildman–Crippen LogP) is 5.21. The number of nitrogens with one attached hydrogen (secondary N) is 2. The Bertz CT molecular complexity index is 1690. The number of β-amino-alcohol motifs (C(OH)–C–C–N with tert-alkyl or cyclic N) is 1. The fourth-order valence-corrected chi connectivity index (χ4v) is 5.58. The zero-order valence-corrected chi connectivity index (χ0v) is 21.8. The first-order valence-corrected chi connectivity index (χ1v) is 12.7. The van der Waals surface area contributed by atoms with Crippen LogP contribution in [0.4, 0.5) is 48.6 Å². The number of fused-ring (bicyclic) bond motifs is 2. The van der Waals surface area contributed by atoms with Crippen molar-refractivity contribution in [2.45, 2.75) is 17.8 Å². The maximum atomic E-state index is 14.2. The number of amides is 4. The summed E-state index contributed by atoms with van der Waals surface area (Å²) in [5.41, 5.74) is -4.62. The van der Waals surface area contributed by atoms with Gasteiger partial charge in [0.15, 0.2) is 0 Å². The van der Waals surface area contributed by atoms with Gasteiger partial charge in [-0.05, 0) is 48.5 Å². The fourth-order valence-electron chi connectivity index (χ4n) is 5.35. The monoisotopic (exact) mass is 608 g/mol. The summed E-state index contributed by atoms with van der Waals surface area (Å²) in [6, 6.07) is 6.10. The minimum atomic E-state index is -5.27. The summed E-state index contributed by atoms with van der Waals surface area (Å²) in [5.74, 6) is -2.39. The summed E-state index contributed by atoms with van der Waals surface area (Å²) in [6.07, 6.45) is -6.00. The number of benzene rings is 3. The van der Waals surface area contributed by atoms with E-state index in [1.165, 1.54) is 23.1 Å². The van der Waals surface area contributed by atoms with Crippen LogP contribution in [0.15, 0.2) is 48.5 Å². The molecule has 3 aromatic rings. The van der Waals surface area contributed by atoms with E-state index in [1.807, 2.05) is 0 Å². The topological polar surface area (TPSA) is 111 Å². The molecular weight excluding hydrogens is 591 g/mol. The molecule has 0 aromatic heterocycles. The van der Waals surface area contributed by atoms with Gasteiger partial charge in [0.1, 0.15) is 18.2 Å². The van der Waals surface area contributed by atoms with Gasteiger partial charge in [0.2, 0.25) is 5.60 Å². The fraction of sp³-hybridized carbons (Fsp3) is 0.222. The molecule has 3 aliphatic rings. The second-order valence-electron chi connectivity index (χ2n) is 9.83. The lowest BCUT2D eigenvalue weighted by Gasteiger charge is -2.27. The highest BCUT2D eigenvalue weighted by Crippen LogP contribution is 2.49. The Morgan fingerprint density at radius 3 is 2.50 bits per heavy atom. The van der Waals surface area contributed by atoms with Crippen molar-refractivity contribution >= 4 is 46.7 Å². The van der Waals surface area contributed by atoms with E-state index in [4.69, 9.17) is 16.3 Å². The lowest BCUT2D eigenvalue weighted by molar-refractivity contribution is -0.258. The van der Waals surface area contributed by atoms with E-state index in [1.54, 1.807) is 0 Å². The first kappa shape index (κ1) is 27.7. The Balaban J connectivity index is 1.46. The summed E-state index contributed by atoms with van der Waals surface area (Å²) < 4.78 is 74.9. The van der Waals surface area contributed by atoms with Crippen LogP contribution in [0.5, 0.6) is 0 Å². The highest BCUT2D eigenvalue weighted by molar-refractivity contribution is 6.31. The average molecular weight is 609 g/mol. The number of alkyl halides is 3. The van der Waals surface area contributed by atoms with Crippen molar-refractivity contribution in [3.8, 4) is 0 Å². The molecule has 3 aromatic carbocycles. The number of anilines is 3.